The predicted octanol–water partition coefficient (Wildman–Crippen LogP) is 3.52. The molecule has 0 aromatic heterocycles. The van der Waals surface area contributed by atoms with Crippen molar-refractivity contribution in [3.05, 3.63) is 71.3 Å². The van der Waals surface area contributed by atoms with Gasteiger partial charge in [-0.25, -0.2) is 0 Å². The van der Waals surface area contributed by atoms with E-state index >= 15 is 0 Å². The van der Waals surface area contributed by atoms with Crippen LogP contribution in [0.5, 0.6) is 0 Å². The van der Waals surface area contributed by atoms with Crippen LogP contribution in [0.25, 0.3) is 0 Å². The molecule has 3 nitrogen and oxygen atoms in total. The second-order valence-corrected chi connectivity index (χ2v) is 6.77. The number of carbonyl (C=O) groups is 1. The summed E-state index contributed by atoms with van der Waals surface area (Å²) in [4.78, 5) is 14.9. The van der Waals surface area contributed by atoms with Gasteiger partial charge in [-0.15, -0.1) is 0 Å². The molecule has 2 aromatic carbocycles. The van der Waals surface area contributed by atoms with E-state index in [9.17, 15) is 4.79 Å². The minimum Gasteiger partial charge on any atom is -0.352 e. The molecular weight excluding hydrogens is 296 g/mol. The van der Waals surface area contributed by atoms with Gasteiger partial charge in [0, 0.05) is 19.6 Å². The molecule has 1 amide bonds. The highest BCUT2D eigenvalue weighted by Crippen LogP contribution is 2.19. The van der Waals surface area contributed by atoms with Gasteiger partial charge >= 0.3 is 0 Å². The number of rotatable bonds is 5. The molecule has 0 saturated carbocycles. The molecule has 0 unspecified atom stereocenters. The Morgan fingerprint density at radius 2 is 1.92 bits per heavy atom. The Hall–Kier alpha value is -2.13. The number of aryl methyl sites for hydroxylation is 1. The van der Waals surface area contributed by atoms with Crippen LogP contribution in [0.2, 0.25) is 0 Å². The highest BCUT2D eigenvalue weighted by Gasteiger charge is 2.25. The van der Waals surface area contributed by atoms with E-state index in [1.807, 2.05) is 12.1 Å². The van der Waals surface area contributed by atoms with Crippen LogP contribution in [0.3, 0.4) is 0 Å². The van der Waals surface area contributed by atoms with Crippen molar-refractivity contribution in [2.24, 2.45) is 5.92 Å². The Kier molecular flexibility index (Phi) is 5.65. The van der Waals surface area contributed by atoms with Crippen LogP contribution in [-0.4, -0.2) is 23.9 Å². The highest BCUT2D eigenvalue weighted by molar-refractivity contribution is 5.79. The first-order valence-corrected chi connectivity index (χ1v) is 8.80. The Morgan fingerprint density at radius 3 is 2.71 bits per heavy atom. The number of carbonyl (C=O) groups excluding carboxylic acids is 1. The topological polar surface area (TPSA) is 32.3 Å². The molecule has 1 aliphatic heterocycles. The first-order chi connectivity index (χ1) is 11.7. The molecule has 1 atom stereocenters. The molecule has 2 aromatic rings. The fourth-order valence-corrected chi connectivity index (χ4v) is 3.41. The largest absolute Gasteiger partial charge is 0.352 e. The van der Waals surface area contributed by atoms with Crippen LogP contribution < -0.4 is 5.32 Å². The van der Waals surface area contributed by atoms with Crippen molar-refractivity contribution < 1.29 is 4.79 Å². The van der Waals surface area contributed by atoms with Crippen molar-refractivity contribution >= 4 is 5.91 Å². The van der Waals surface area contributed by atoms with Crippen molar-refractivity contribution in [3.63, 3.8) is 0 Å². The number of amides is 1. The summed E-state index contributed by atoms with van der Waals surface area (Å²) in [7, 11) is 0. The van der Waals surface area contributed by atoms with Crippen LogP contribution in [0.1, 0.15) is 29.5 Å². The summed E-state index contributed by atoms with van der Waals surface area (Å²) in [6, 6.07) is 18.8. The van der Waals surface area contributed by atoms with Crippen LogP contribution in [0.4, 0.5) is 0 Å². The van der Waals surface area contributed by atoms with Crippen LogP contribution >= 0.6 is 0 Å². The van der Waals surface area contributed by atoms with E-state index in [-0.39, 0.29) is 11.8 Å². The molecule has 1 fully saturated rings. The van der Waals surface area contributed by atoms with Crippen LogP contribution in [0, 0.1) is 12.8 Å². The number of hydrogen-bond donors (Lipinski definition) is 1. The lowest BCUT2D eigenvalue weighted by atomic mass is 9.96. The molecule has 0 bridgehead atoms. The lowest BCUT2D eigenvalue weighted by Gasteiger charge is -2.32. The predicted molar refractivity (Wildman–Crippen MR) is 97.5 cm³/mol. The maximum absolute atomic E-state index is 12.5. The average molecular weight is 322 g/mol. The zero-order chi connectivity index (χ0) is 16.8. The summed E-state index contributed by atoms with van der Waals surface area (Å²) in [6.45, 7) is 5.57. The zero-order valence-electron chi connectivity index (χ0n) is 14.4. The second kappa shape index (κ2) is 8.11. The molecule has 1 N–H and O–H groups in total. The Balaban J connectivity index is 1.51. The van der Waals surface area contributed by atoms with Gasteiger partial charge in [0.05, 0.1) is 5.92 Å². The lowest BCUT2D eigenvalue weighted by Crippen LogP contribution is -2.42. The van der Waals surface area contributed by atoms with Crippen LogP contribution in [-0.2, 0) is 17.9 Å². The lowest BCUT2D eigenvalue weighted by molar-refractivity contribution is -0.126. The molecule has 0 radical (unpaired) electrons. The van der Waals surface area contributed by atoms with E-state index in [0.29, 0.717) is 6.54 Å². The van der Waals surface area contributed by atoms with E-state index in [1.165, 1.54) is 16.7 Å². The molecule has 126 valence electrons. The highest BCUT2D eigenvalue weighted by atomic mass is 16.1. The molecule has 1 heterocycles. The molecule has 0 aliphatic carbocycles. The minimum absolute atomic E-state index is 0.104. The molecule has 3 rings (SSSR count). The SMILES string of the molecule is Cc1cccc(CNC(=O)[C@H]2CCCN(Cc3ccccc3)C2)c1. The third kappa shape index (κ3) is 4.68. The van der Waals surface area contributed by atoms with Crippen molar-refractivity contribution in [2.75, 3.05) is 13.1 Å². The Morgan fingerprint density at radius 1 is 1.12 bits per heavy atom. The number of likely N-dealkylation sites (tertiary alicyclic amines) is 1. The summed E-state index contributed by atoms with van der Waals surface area (Å²) in [5, 5.41) is 3.11. The molecule has 3 heteroatoms. The van der Waals surface area contributed by atoms with Gasteiger partial charge in [-0.05, 0) is 37.4 Å². The number of hydrogen-bond acceptors (Lipinski definition) is 2. The minimum atomic E-state index is 0.104. The number of nitrogens with one attached hydrogen (secondary N) is 1. The summed E-state index contributed by atoms with van der Waals surface area (Å²) >= 11 is 0. The van der Waals surface area contributed by atoms with Gasteiger partial charge in [-0.1, -0.05) is 60.2 Å². The van der Waals surface area contributed by atoms with E-state index in [1.54, 1.807) is 0 Å². The summed E-state index contributed by atoms with van der Waals surface area (Å²) in [5.74, 6) is 0.293. The molecule has 0 spiro atoms. The Bertz CT molecular complexity index is 669. The van der Waals surface area contributed by atoms with E-state index in [0.717, 1.165) is 32.5 Å². The number of benzene rings is 2. The van der Waals surface area contributed by atoms with Crippen molar-refractivity contribution in [1.82, 2.24) is 10.2 Å². The first kappa shape index (κ1) is 16.7. The van der Waals surface area contributed by atoms with Gasteiger partial charge in [0.1, 0.15) is 0 Å². The normalized spacial score (nSPS) is 18.3. The van der Waals surface area contributed by atoms with Gasteiger partial charge in [0.15, 0.2) is 0 Å². The quantitative estimate of drug-likeness (QED) is 0.913. The van der Waals surface area contributed by atoms with E-state index < -0.39 is 0 Å². The fraction of sp³-hybridized carbons (Fsp3) is 0.381. The molecular formula is C21H26N2O. The summed E-state index contributed by atoms with van der Waals surface area (Å²) < 4.78 is 0. The number of piperidine rings is 1. The van der Waals surface area contributed by atoms with Crippen molar-refractivity contribution in [2.45, 2.75) is 32.9 Å². The molecule has 1 aliphatic rings. The van der Waals surface area contributed by atoms with E-state index in [2.05, 4.69) is 59.6 Å². The third-order valence-corrected chi connectivity index (χ3v) is 4.67. The second-order valence-electron chi connectivity index (χ2n) is 6.77. The van der Waals surface area contributed by atoms with Gasteiger partial charge in [-0.2, -0.15) is 0 Å². The summed E-state index contributed by atoms with van der Waals surface area (Å²) in [6.07, 6.45) is 2.08. The maximum Gasteiger partial charge on any atom is 0.224 e. The van der Waals surface area contributed by atoms with Crippen LogP contribution in [0.15, 0.2) is 54.6 Å². The van der Waals surface area contributed by atoms with Gasteiger partial charge in [-0.3, -0.25) is 9.69 Å². The van der Waals surface area contributed by atoms with Gasteiger partial charge in [0.25, 0.3) is 0 Å². The van der Waals surface area contributed by atoms with Gasteiger partial charge < -0.3 is 5.32 Å². The first-order valence-electron chi connectivity index (χ1n) is 8.80. The van der Waals surface area contributed by atoms with Crippen molar-refractivity contribution in [1.29, 1.82) is 0 Å². The van der Waals surface area contributed by atoms with E-state index in [4.69, 9.17) is 0 Å². The average Bonchev–Trinajstić information content (AvgIpc) is 2.61. The smallest absolute Gasteiger partial charge is 0.224 e. The maximum atomic E-state index is 12.5. The van der Waals surface area contributed by atoms with Gasteiger partial charge in [0.2, 0.25) is 5.91 Å². The number of nitrogens with zero attached hydrogens (tertiary/aromatic N) is 1. The van der Waals surface area contributed by atoms with Crippen molar-refractivity contribution in [3.8, 4) is 0 Å². The zero-order valence-corrected chi connectivity index (χ0v) is 14.4. The molecule has 1 saturated heterocycles. The summed E-state index contributed by atoms with van der Waals surface area (Å²) in [5.41, 5.74) is 3.71. The standard InChI is InChI=1S/C21H26N2O/c1-17-7-5-10-19(13-17)14-22-21(24)20-11-6-12-23(16-20)15-18-8-3-2-4-9-18/h2-5,7-10,13,20H,6,11-12,14-16H2,1H3,(H,22,24)/t20-/m0/s1. The third-order valence-electron chi connectivity index (χ3n) is 4.67. The molecule has 24 heavy (non-hydrogen) atoms. The fourth-order valence-electron chi connectivity index (χ4n) is 3.41. The Labute approximate surface area is 144 Å². The monoisotopic (exact) mass is 322 g/mol.